The minimum atomic E-state index is -0.544. The number of hydrogen-bond donors (Lipinski definition) is 0. The van der Waals surface area contributed by atoms with Gasteiger partial charge < -0.3 is 18.9 Å². The first kappa shape index (κ1) is 17.0. The highest BCUT2D eigenvalue weighted by molar-refractivity contribution is 7.98. The summed E-state index contributed by atoms with van der Waals surface area (Å²) >= 11 is 1.56. The minimum Gasteiger partial charge on any atom is -0.496 e. The second-order valence-corrected chi connectivity index (χ2v) is 5.33. The number of benzene rings is 2. The van der Waals surface area contributed by atoms with Crippen LogP contribution >= 0.6 is 11.8 Å². The zero-order valence-corrected chi connectivity index (χ0v) is 14.2. The molecule has 2 aromatic rings. The van der Waals surface area contributed by atoms with E-state index in [2.05, 4.69) is 0 Å². The van der Waals surface area contributed by atoms with E-state index in [1.54, 1.807) is 42.1 Å². The third-order valence-corrected chi connectivity index (χ3v) is 3.93. The van der Waals surface area contributed by atoms with Crippen LogP contribution in [0, 0.1) is 0 Å². The van der Waals surface area contributed by atoms with Crippen molar-refractivity contribution in [3.63, 3.8) is 0 Å². The molecule has 0 aliphatic carbocycles. The molecule has 6 heteroatoms. The zero-order valence-electron chi connectivity index (χ0n) is 13.4. The summed E-state index contributed by atoms with van der Waals surface area (Å²) in [4.78, 5) is 13.5. The summed E-state index contributed by atoms with van der Waals surface area (Å²) in [6.45, 7) is 0. The Bertz CT molecular complexity index is 677. The maximum atomic E-state index is 12.5. The van der Waals surface area contributed by atoms with Gasteiger partial charge >= 0.3 is 5.97 Å². The lowest BCUT2D eigenvalue weighted by molar-refractivity contribution is 0.0720. The van der Waals surface area contributed by atoms with Crippen molar-refractivity contribution in [1.29, 1.82) is 0 Å². The molecule has 2 rings (SSSR count). The van der Waals surface area contributed by atoms with E-state index in [4.69, 9.17) is 18.9 Å². The van der Waals surface area contributed by atoms with Crippen molar-refractivity contribution in [2.24, 2.45) is 0 Å². The number of hydrogen-bond acceptors (Lipinski definition) is 6. The largest absolute Gasteiger partial charge is 0.496 e. The van der Waals surface area contributed by atoms with Crippen LogP contribution in [0.2, 0.25) is 0 Å². The van der Waals surface area contributed by atoms with Crippen molar-refractivity contribution >= 4 is 17.7 Å². The first-order valence-electron chi connectivity index (χ1n) is 6.79. The SMILES string of the molecule is COc1cc(SC)ccc1C(=O)Oc1c(OC)cccc1OC. The maximum absolute atomic E-state index is 12.5. The molecule has 0 bridgehead atoms. The predicted molar refractivity (Wildman–Crippen MR) is 89.3 cm³/mol. The van der Waals surface area contributed by atoms with E-state index in [1.807, 2.05) is 12.3 Å². The Morgan fingerprint density at radius 1 is 0.913 bits per heavy atom. The molecule has 0 heterocycles. The molecule has 2 aromatic carbocycles. The summed E-state index contributed by atoms with van der Waals surface area (Å²) in [7, 11) is 4.51. The molecular formula is C17H18O5S. The number of carbonyl (C=O) groups is 1. The van der Waals surface area contributed by atoms with E-state index in [0.717, 1.165) is 4.90 Å². The number of carbonyl (C=O) groups excluding carboxylic acids is 1. The summed E-state index contributed by atoms with van der Waals surface area (Å²) in [6, 6.07) is 10.4. The van der Waals surface area contributed by atoms with Gasteiger partial charge in [0.2, 0.25) is 5.75 Å². The highest BCUT2D eigenvalue weighted by Gasteiger charge is 2.20. The monoisotopic (exact) mass is 334 g/mol. The number of thioether (sulfide) groups is 1. The molecule has 0 aromatic heterocycles. The molecule has 0 unspecified atom stereocenters. The Kier molecular flexibility index (Phi) is 5.76. The van der Waals surface area contributed by atoms with Gasteiger partial charge in [-0.3, -0.25) is 0 Å². The summed E-state index contributed by atoms with van der Waals surface area (Å²) in [5.41, 5.74) is 0.332. The normalized spacial score (nSPS) is 10.1. The molecule has 23 heavy (non-hydrogen) atoms. The molecule has 5 nitrogen and oxygen atoms in total. The lowest BCUT2D eigenvalue weighted by Gasteiger charge is -2.14. The van der Waals surface area contributed by atoms with E-state index in [1.165, 1.54) is 21.3 Å². The number of para-hydroxylation sites is 1. The average Bonchev–Trinajstić information content (AvgIpc) is 2.61. The van der Waals surface area contributed by atoms with Crippen LogP contribution in [0.15, 0.2) is 41.3 Å². The van der Waals surface area contributed by atoms with Gasteiger partial charge in [0.05, 0.1) is 21.3 Å². The van der Waals surface area contributed by atoms with Crippen LogP contribution in [0.1, 0.15) is 10.4 Å². The summed E-state index contributed by atoms with van der Waals surface area (Å²) in [6.07, 6.45) is 1.95. The number of ether oxygens (including phenoxy) is 4. The Labute approximate surface area is 139 Å². The maximum Gasteiger partial charge on any atom is 0.347 e. The van der Waals surface area contributed by atoms with Gasteiger partial charge in [0.15, 0.2) is 11.5 Å². The highest BCUT2D eigenvalue weighted by Crippen LogP contribution is 2.38. The first-order valence-corrected chi connectivity index (χ1v) is 8.02. The molecular weight excluding hydrogens is 316 g/mol. The van der Waals surface area contributed by atoms with Gasteiger partial charge in [-0.15, -0.1) is 11.8 Å². The topological polar surface area (TPSA) is 54.0 Å². The van der Waals surface area contributed by atoms with Crippen LogP contribution in [0.4, 0.5) is 0 Å². The Morgan fingerprint density at radius 3 is 2.04 bits per heavy atom. The Hall–Kier alpha value is -2.34. The quantitative estimate of drug-likeness (QED) is 0.456. The molecule has 0 aliphatic rings. The second kappa shape index (κ2) is 7.78. The fraction of sp³-hybridized carbons (Fsp3) is 0.235. The Morgan fingerprint density at radius 2 is 1.52 bits per heavy atom. The van der Waals surface area contributed by atoms with Crippen molar-refractivity contribution in [3.05, 3.63) is 42.0 Å². The second-order valence-electron chi connectivity index (χ2n) is 4.45. The van der Waals surface area contributed by atoms with Gasteiger partial charge in [0, 0.05) is 4.90 Å². The van der Waals surface area contributed by atoms with Gasteiger partial charge in [-0.05, 0) is 36.6 Å². The van der Waals surface area contributed by atoms with Crippen LogP contribution in [0.3, 0.4) is 0 Å². The summed E-state index contributed by atoms with van der Waals surface area (Å²) < 4.78 is 21.2. The van der Waals surface area contributed by atoms with Crippen molar-refractivity contribution < 1.29 is 23.7 Å². The van der Waals surface area contributed by atoms with Gasteiger partial charge in [-0.1, -0.05) is 6.07 Å². The lowest BCUT2D eigenvalue weighted by atomic mass is 10.2. The number of rotatable bonds is 6. The van der Waals surface area contributed by atoms with Crippen LogP contribution in [0.5, 0.6) is 23.0 Å². The van der Waals surface area contributed by atoms with Crippen LogP contribution in [-0.2, 0) is 0 Å². The molecule has 0 atom stereocenters. The smallest absolute Gasteiger partial charge is 0.347 e. The van der Waals surface area contributed by atoms with Crippen molar-refractivity contribution in [1.82, 2.24) is 0 Å². The van der Waals surface area contributed by atoms with Crippen molar-refractivity contribution in [2.75, 3.05) is 27.6 Å². The molecule has 0 radical (unpaired) electrons. The average molecular weight is 334 g/mol. The molecule has 0 spiro atoms. The minimum absolute atomic E-state index is 0.235. The third-order valence-electron chi connectivity index (χ3n) is 3.21. The third kappa shape index (κ3) is 3.71. The van der Waals surface area contributed by atoms with Crippen molar-refractivity contribution in [2.45, 2.75) is 4.90 Å². The molecule has 0 aliphatic heterocycles. The predicted octanol–water partition coefficient (Wildman–Crippen LogP) is 3.65. The van der Waals surface area contributed by atoms with Gasteiger partial charge in [-0.25, -0.2) is 4.79 Å². The first-order chi connectivity index (χ1) is 11.1. The van der Waals surface area contributed by atoms with Crippen LogP contribution in [0.25, 0.3) is 0 Å². The van der Waals surface area contributed by atoms with Crippen LogP contribution < -0.4 is 18.9 Å². The molecule has 0 N–H and O–H groups in total. The van der Waals surface area contributed by atoms with E-state index in [9.17, 15) is 4.79 Å². The molecule has 122 valence electrons. The van der Waals surface area contributed by atoms with Crippen LogP contribution in [-0.4, -0.2) is 33.6 Å². The van der Waals surface area contributed by atoms with E-state index in [0.29, 0.717) is 22.8 Å². The van der Waals surface area contributed by atoms with E-state index in [-0.39, 0.29) is 5.75 Å². The summed E-state index contributed by atoms with van der Waals surface area (Å²) in [5.74, 6) is 0.973. The fourth-order valence-electron chi connectivity index (χ4n) is 2.03. The lowest BCUT2D eigenvalue weighted by Crippen LogP contribution is -2.11. The van der Waals surface area contributed by atoms with E-state index >= 15 is 0 Å². The number of esters is 1. The highest BCUT2D eigenvalue weighted by atomic mass is 32.2. The summed E-state index contributed by atoms with van der Waals surface area (Å²) in [5, 5.41) is 0. The number of methoxy groups -OCH3 is 3. The molecule has 0 saturated carbocycles. The van der Waals surface area contributed by atoms with Gasteiger partial charge in [0.25, 0.3) is 0 Å². The van der Waals surface area contributed by atoms with E-state index < -0.39 is 5.97 Å². The standard InChI is InChI=1S/C17H18O5S/c1-19-13-6-5-7-14(20-2)16(13)22-17(18)12-9-8-11(23-4)10-15(12)21-3/h5-10H,1-4H3. The zero-order chi connectivity index (χ0) is 16.8. The van der Waals surface area contributed by atoms with Gasteiger partial charge in [-0.2, -0.15) is 0 Å². The van der Waals surface area contributed by atoms with Crippen molar-refractivity contribution in [3.8, 4) is 23.0 Å². The van der Waals surface area contributed by atoms with Gasteiger partial charge in [0.1, 0.15) is 11.3 Å². The molecule has 0 saturated heterocycles. The molecule has 0 amide bonds. The Balaban J connectivity index is 2.36. The molecule has 0 fully saturated rings. The fourth-order valence-corrected chi connectivity index (χ4v) is 2.46.